The van der Waals surface area contributed by atoms with Gasteiger partial charge in [-0.25, -0.2) is 13.2 Å². The molecule has 0 saturated heterocycles. The standard InChI is InChI=1S/C10H9NO4S/c1-16(13,14)11-8-3-2-7-4-5-15-10(12)9(7)6-8/h2-6,11H,1H3. The van der Waals surface area contributed by atoms with E-state index in [4.69, 9.17) is 4.42 Å². The lowest BCUT2D eigenvalue weighted by Crippen LogP contribution is -2.10. The molecular weight excluding hydrogens is 230 g/mol. The van der Waals surface area contributed by atoms with Crippen LogP contribution in [-0.2, 0) is 10.0 Å². The normalized spacial score (nSPS) is 11.6. The molecule has 84 valence electrons. The van der Waals surface area contributed by atoms with Gasteiger partial charge in [0.25, 0.3) is 0 Å². The van der Waals surface area contributed by atoms with Gasteiger partial charge in [0.1, 0.15) is 0 Å². The van der Waals surface area contributed by atoms with Crippen LogP contribution in [0.5, 0.6) is 0 Å². The van der Waals surface area contributed by atoms with E-state index in [1.165, 1.54) is 12.3 Å². The van der Waals surface area contributed by atoms with Crippen LogP contribution in [-0.4, -0.2) is 14.7 Å². The van der Waals surface area contributed by atoms with E-state index in [1.807, 2.05) is 0 Å². The molecule has 0 aliphatic heterocycles. The summed E-state index contributed by atoms with van der Waals surface area (Å²) in [7, 11) is -3.34. The van der Waals surface area contributed by atoms with Gasteiger partial charge in [0.2, 0.25) is 10.0 Å². The van der Waals surface area contributed by atoms with Crippen molar-refractivity contribution in [2.24, 2.45) is 0 Å². The Labute approximate surface area is 91.8 Å². The zero-order chi connectivity index (χ0) is 11.8. The van der Waals surface area contributed by atoms with Crippen LogP contribution < -0.4 is 10.3 Å². The fraction of sp³-hybridized carbons (Fsp3) is 0.100. The van der Waals surface area contributed by atoms with Gasteiger partial charge in [-0.05, 0) is 23.6 Å². The van der Waals surface area contributed by atoms with Gasteiger partial charge in [-0.3, -0.25) is 4.72 Å². The molecule has 0 aliphatic rings. The molecule has 0 radical (unpaired) electrons. The smallest absolute Gasteiger partial charge is 0.343 e. The first kappa shape index (κ1) is 10.7. The molecule has 0 unspecified atom stereocenters. The highest BCUT2D eigenvalue weighted by atomic mass is 32.2. The van der Waals surface area contributed by atoms with Crippen molar-refractivity contribution in [3.63, 3.8) is 0 Å². The summed E-state index contributed by atoms with van der Waals surface area (Å²) >= 11 is 0. The van der Waals surface area contributed by atoms with E-state index in [1.54, 1.807) is 18.2 Å². The third-order valence-electron chi connectivity index (χ3n) is 2.00. The molecule has 0 spiro atoms. The van der Waals surface area contributed by atoms with Crippen molar-refractivity contribution in [1.29, 1.82) is 0 Å². The summed E-state index contributed by atoms with van der Waals surface area (Å²) in [5.41, 5.74) is -0.150. The maximum Gasteiger partial charge on any atom is 0.343 e. The molecule has 1 N–H and O–H groups in total. The summed E-state index contributed by atoms with van der Waals surface area (Å²) in [5, 5.41) is 1.05. The number of rotatable bonds is 2. The lowest BCUT2D eigenvalue weighted by atomic mass is 10.2. The molecule has 1 aromatic carbocycles. The van der Waals surface area contributed by atoms with E-state index < -0.39 is 15.6 Å². The van der Waals surface area contributed by atoms with E-state index in [-0.39, 0.29) is 0 Å². The summed E-state index contributed by atoms with van der Waals surface area (Å²) in [4.78, 5) is 11.4. The molecule has 1 aromatic heterocycles. The van der Waals surface area contributed by atoms with Crippen molar-refractivity contribution < 1.29 is 12.8 Å². The second-order valence-corrected chi connectivity index (χ2v) is 5.13. The van der Waals surface area contributed by atoms with Crippen molar-refractivity contribution >= 4 is 26.5 Å². The van der Waals surface area contributed by atoms with E-state index in [0.29, 0.717) is 16.5 Å². The van der Waals surface area contributed by atoms with Gasteiger partial charge >= 0.3 is 5.63 Å². The second kappa shape index (κ2) is 3.64. The highest BCUT2D eigenvalue weighted by Crippen LogP contribution is 2.16. The van der Waals surface area contributed by atoms with Crippen LogP contribution >= 0.6 is 0 Å². The molecule has 2 rings (SSSR count). The Morgan fingerprint density at radius 3 is 2.69 bits per heavy atom. The van der Waals surface area contributed by atoms with Gasteiger partial charge < -0.3 is 4.42 Å². The third-order valence-corrected chi connectivity index (χ3v) is 2.61. The maximum absolute atomic E-state index is 11.4. The average Bonchev–Trinajstić information content (AvgIpc) is 2.17. The summed E-state index contributed by atoms with van der Waals surface area (Å²) < 4.78 is 29.0. The fourth-order valence-corrected chi connectivity index (χ4v) is 1.94. The molecule has 16 heavy (non-hydrogen) atoms. The maximum atomic E-state index is 11.4. The minimum absolute atomic E-state index is 0.341. The summed E-state index contributed by atoms with van der Waals surface area (Å²) in [6.07, 6.45) is 2.35. The van der Waals surface area contributed by atoms with Crippen molar-refractivity contribution in [3.05, 3.63) is 40.9 Å². The van der Waals surface area contributed by atoms with Crippen molar-refractivity contribution in [1.82, 2.24) is 0 Å². The lowest BCUT2D eigenvalue weighted by Gasteiger charge is -2.04. The largest absolute Gasteiger partial charge is 0.431 e. The van der Waals surface area contributed by atoms with Gasteiger partial charge in [-0.15, -0.1) is 0 Å². The molecule has 1 heterocycles. The van der Waals surface area contributed by atoms with Gasteiger partial charge in [-0.2, -0.15) is 0 Å². The molecule has 0 saturated carbocycles. The van der Waals surface area contributed by atoms with Crippen LogP contribution in [0.4, 0.5) is 5.69 Å². The molecule has 0 fully saturated rings. The summed E-state index contributed by atoms with van der Waals surface area (Å²) in [5.74, 6) is 0. The van der Waals surface area contributed by atoms with E-state index in [9.17, 15) is 13.2 Å². The first-order valence-corrected chi connectivity index (χ1v) is 6.34. The van der Waals surface area contributed by atoms with E-state index >= 15 is 0 Å². The first-order valence-electron chi connectivity index (χ1n) is 4.45. The number of anilines is 1. The molecule has 0 bridgehead atoms. The quantitative estimate of drug-likeness (QED) is 0.853. The van der Waals surface area contributed by atoms with Crippen LogP contribution in [0.1, 0.15) is 0 Å². The molecule has 0 aliphatic carbocycles. The zero-order valence-electron chi connectivity index (χ0n) is 8.43. The molecule has 6 heteroatoms. The predicted octanol–water partition coefficient (Wildman–Crippen LogP) is 1.16. The van der Waals surface area contributed by atoms with Crippen LogP contribution in [0.2, 0.25) is 0 Å². The average molecular weight is 239 g/mol. The highest BCUT2D eigenvalue weighted by Gasteiger charge is 2.04. The minimum atomic E-state index is -3.34. The molecule has 2 aromatic rings. The monoisotopic (exact) mass is 239 g/mol. The Hall–Kier alpha value is -1.82. The second-order valence-electron chi connectivity index (χ2n) is 3.38. The topological polar surface area (TPSA) is 76.4 Å². The Bertz CT molecular complexity index is 687. The van der Waals surface area contributed by atoms with Gasteiger partial charge in [0.15, 0.2) is 0 Å². The summed E-state index contributed by atoms with van der Waals surface area (Å²) in [6, 6.07) is 6.33. The fourth-order valence-electron chi connectivity index (χ4n) is 1.39. The van der Waals surface area contributed by atoms with Crippen molar-refractivity contribution in [3.8, 4) is 0 Å². The van der Waals surface area contributed by atoms with Crippen LogP contribution in [0.15, 0.2) is 39.7 Å². The van der Waals surface area contributed by atoms with Crippen molar-refractivity contribution in [2.75, 3.05) is 11.0 Å². The Morgan fingerprint density at radius 1 is 1.25 bits per heavy atom. The highest BCUT2D eigenvalue weighted by molar-refractivity contribution is 7.92. The predicted molar refractivity (Wildman–Crippen MR) is 61.0 cm³/mol. The zero-order valence-corrected chi connectivity index (χ0v) is 9.24. The van der Waals surface area contributed by atoms with Crippen LogP contribution in [0.3, 0.4) is 0 Å². The first-order chi connectivity index (χ1) is 7.46. The van der Waals surface area contributed by atoms with Crippen molar-refractivity contribution in [2.45, 2.75) is 0 Å². The van der Waals surface area contributed by atoms with Crippen LogP contribution in [0, 0.1) is 0 Å². The van der Waals surface area contributed by atoms with Gasteiger partial charge in [0, 0.05) is 5.69 Å². The molecule has 0 atom stereocenters. The summed E-state index contributed by atoms with van der Waals surface area (Å²) in [6.45, 7) is 0. The number of nitrogens with one attached hydrogen (secondary N) is 1. The number of benzene rings is 1. The number of fused-ring (bicyclic) bond motifs is 1. The molecule has 0 amide bonds. The van der Waals surface area contributed by atoms with Crippen LogP contribution in [0.25, 0.3) is 10.8 Å². The Morgan fingerprint density at radius 2 is 2.00 bits per heavy atom. The molecular formula is C10H9NO4S. The van der Waals surface area contributed by atoms with Gasteiger partial charge in [0.05, 0.1) is 17.9 Å². The van der Waals surface area contributed by atoms with E-state index in [2.05, 4.69) is 4.72 Å². The van der Waals surface area contributed by atoms with Gasteiger partial charge in [-0.1, -0.05) is 6.07 Å². The number of sulfonamides is 1. The molecule has 5 nitrogen and oxygen atoms in total. The Balaban J connectivity index is 2.60. The minimum Gasteiger partial charge on any atom is -0.431 e. The third kappa shape index (κ3) is 2.22. The number of hydrogen-bond donors (Lipinski definition) is 1. The van der Waals surface area contributed by atoms with E-state index in [0.717, 1.165) is 6.26 Å². The number of hydrogen-bond acceptors (Lipinski definition) is 4. The lowest BCUT2D eigenvalue weighted by molar-refractivity contribution is 0.519. The SMILES string of the molecule is CS(=O)(=O)Nc1ccc2ccoc(=O)c2c1. The Kier molecular flexibility index (Phi) is 2.43.